The number of aliphatic hydroxyl groups excluding tert-OH is 1. The summed E-state index contributed by atoms with van der Waals surface area (Å²) in [5.41, 5.74) is 2.46. The topological polar surface area (TPSA) is 38.7 Å². The van der Waals surface area contributed by atoms with Crippen LogP contribution < -0.4 is 9.16 Å². The van der Waals surface area contributed by atoms with E-state index in [1.165, 1.54) is 25.7 Å². The average molecular weight is 417 g/mol. The van der Waals surface area contributed by atoms with Crippen LogP contribution in [0.5, 0.6) is 11.5 Å². The van der Waals surface area contributed by atoms with E-state index in [1.54, 1.807) is 19.1 Å². The third kappa shape index (κ3) is 4.91. The predicted octanol–water partition coefficient (Wildman–Crippen LogP) is 6.57. The molecule has 0 unspecified atom stereocenters. The highest BCUT2D eigenvalue weighted by molar-refractivity contribution is 6.74. The van der Waals surface area contributed by atoms with Crippen LogP contribution in [0.2, 0.25) is 18.1 Å². The smallest absolute Gasteiger partial charge is 0.250 e. The molecule has 4 aliphatic carbocycles. The van der Waals surface area contributed by atoms with Crippen LogP contribution in [-0.2, 0) is 6.61 Å². The highest BCUT2D eigenvalue weighted by atomic mass is 28.4. The zero-order chi connectivity index (χ0) is 21.4. The van der Waals surface area contributed by atoms with Crippen molar-refractivity contribution in [1.82, 2.24) is 0 Å². The Morgan fingerprint density at radius 1 is 1.00 bits per heavy atom. The molecule has 0 radical (unpaired) electrons. The van der Waals surface area contributed by atoms with Gasteiger partial charge in [0.1, 0.15) is 5.75 Å². The molecule has 1 aromatic rings. The van der Waals surface area contributed by atoms with Gasteiger partial charge in [0.05, 0.1) is 13.7 Å². The van der Waals surface area contributed by atoms with Crippen molar-refractivity contribution in [2.75, 3.05) is 7.11 Å². The molecule has 4 heteroatoms. The van der Waals surface area contributed by atoms with E-state index in [2.05, 4.69) is 40.4 Å². The Morgan fingerprint density at radius 3 is 2.00 bits per heavy atom. The second-order valence-electron chi connectivity index (χ2n) is 10.9. The molecule has 4 fully saturated rings. The van der Waals surface area contributed by atoms with E-state index in [9.17, 15) is 5.11 Å². The molecule has 0 saturated heterocycles. The highest BCUT2D eigenvalue weighted by Gasteiger charge is 2.44. The maximum atomic E-state index is 9.20. The molecule has 0 spiro atoms. The normalized spacial score (nSPS) is 28.0. The van der Waals surface area contributed by atoms with E-state index in [0.29, 0.717) is 0 Å². The van der Waals surface area contributed by atoms with Gasteiger partial charge < -0.3 is 14.3 Å². The fraction of sp³-hybridized carbons (Fsp3) is 0.680. The molecule has 5 rings (SSSR count). The Kier molecular flexibility index (Phi) is 6.55. The highest BCUT2D eigenvalue weighted by Crippen LogP contribution is 2.55. The molecule has 162 valence electrons. The van der Waals surface area contributed by atoms with Gasteiger partial charge in [-0.15, -0.1) is 0 Å². The van der Waals surface area contributed by atoms with Crippen molar-refractivity contribution in [3.63, 3.8) is 0 Å². The molecule has 3 nitrogen and oxygen atoms in total. The lowest BCUT2D eigenvalue weighted by Gasteiger charge is -2.51. The maximum Gasteiger partial charge on any atom is 0.250 e. The van der Waals surface area contributed by atoms with Gasteiger partial charge in [-0.05, 0) is 91.6 Å². The van der Waals surface area contributed by atoms with Crippen LogP contribution >= 0.6 is 0 Å². The molecular formula is C25H40O3Si. The quantitative estimate of drug-likeness (QED) is 0.445. The van der Waals surface area contributed by atoms with Crippen LogP contribution in [0, 0.1) is 23.7 Å². The van der Waals surface area contributed by atoms with Crippen molar-refractivity contribution < 1.29 is 14.3 Å². The first-order valence-corrected chi connectivity index (χ1v) is 14.1. The zero-order valence-corrected chi connectivity index (χ0v) is 20.3. The van der Waals surface area contributed by atoms with Gasteiger partial charge in [-0.3, -0.25) is 0 Å². The SMILES string of the molecule is C=C1C2CC3CC(C2)CC1C3.COc1ccc(CO)cc1O[Si](C)(C)C(C)(C)C. The Labute approximate surface area is 178 Å². The molecule has 1 aromatic carbocycles. The monoisotopic (exact) mass is 416 g/mol. The van der Waals surface area contributed by atoms with E-state index >= 15 is 0 Å². The molecule has 0 heterocycles. The molecule has 0 aromatic heterocycles. The van der Waals surface area contributed by atoms with Crippen LogP contribution in [0.25, 0.3) is 0 Å². The van der Waals surface area contributed by atoms with Crippen molar-refractivity contribution in [2.24, 2.45) is 23.7 Å². The lowest BCUT2D eigenvalue weighted by atomic mass is 9.54. The van der Waals surface area contributed by atoms with Crippen LogP contribution in [0.15, 0.2) is 30.4 Å². The van der Waals surface area contributed by atoms with Gasteiger partial charge in [0, 0.05) is 0 Å². The summed E-state index contributed by atoms with van der Waals surface area (Å²) < 4.78 is 11.6. The van der Waals surface area contributed by atoms with Gasteiger partial charge >= 0.3 is 0 Å². The summed E-state index contributed by atoms with van der Waals surface area (Å²) in [6.07, 6.45) is 7.52. The van der Waals surface area contributed by atoms with Gasteiger partial charge in [0.15, 0.2) is 5.75 Å². The molecule has 4 bridgehead atoms. The summed E-state index contributed by atoms with van der Waals surface area (Å²) in [4.78, 5) is 0. The molecule has 4 saturated carbocycles. The van der Waals surface area contributed by atoms with Crippen molar-refractivity contribution in [3.8, 4) is 11.5 Å². The lowest BCUT2D eigenvalue weighted by molar-refractivity contribution is 0.0703. The zero-order valence-electron chi connectivity index (χ0n) is 19.3. The maximum absolute atomic E-state index is 9.20. The summed E-state index contributed by atoms with van der Waals surface area (Å²) in [6.45, 7) is 15.2. The Morgan fingerprint density at radius 2 is 1.55 bits per heavy atom. The van der Waals surface area contributed by atoms with Crippen LogP contribution in [0.1, 0.15) is 58.4 Å². The van der Waals surface area contributed by atoms with Crippen molar-refractivity contribution in [3.05, 3.63) is 35.9 Å². The van der Waals surface area contributed by atoms with Gasteiger partial charge in [0.2, 0.25) is 0 Å². The van der Waals surface area contributed by atoms with E-state index < -0.39 is 8.32 Å². The van der Waals surface area contributed by atoms with E-state index in [-0.39, 0.29) is 11.6 Å². The fourth-order valence-electron chi connectivity index (χ4n) is 5.12. The molecule has 0 amide bonds. The summed E-state index contributed by atoms with van der Waals surface area (Å²) in [6, 6.07) is 5.55. The number of allylic oxidation sites excluding steroid dienone is 1. The van der Waals surface area contributed by atoms with Crippen molar-refractivity contribution >= 4 is 8.32 Å². The molecule has 29 heavy (non-hydrogen) atoms. The minimum atomic E-state index is -1.89. The number of aliphatic hydroxyl groups is 1. The molecular weight excluding hydrogens is 376 g/mol. The van der Waals surface area contributed by atoms with E-state index in [0.717, 1.165) is 40.7 Å². The minimum absolute atomic E-state index is 0.0118. The average Bonchev–Trinajstić information content (AvgIpc) is 2.64. The van der Waals surface area contributed by atoms with Gasteiger partial charge in [0.25, 0.3) is 8.32 Å². The Hall–Kier alpha value is -1.26. The van der Waals surface area contributed by atoms with Gasteiger partial charge in [-0.2, -0.15) is 0 Å². The molecule has 0 atom stereocenters. The first-order valence-electron chi connectivity index (χ1n) is 11.2. The lowest BCUT2D eigenvalue weighted by Crippen LogP contribution is -2.43. The third-order valence-corrected chi connectivity index (χ3v) is 12.1. The molecule has 4 aliphatic rings. The fourth-order valence-corrected chi connectivity index (χ4v) is 6.13. The van der Waals surface area contributed by atoms with E-state index in [4.69, 9.17) is 9.16 Å². The number of methoxy groups -OCH3 is 1. The van der Waals surface area contributed by atoms with Crippen molar-refractivity contribution in [1.29, 1.82) is 0 Å². The predicted molar refractivity (Wildman–Crippen MR) is 123 cm³/mol. The molecule has 1 N–H and O–H groups in total. The standard InChI is InChI=1S/C14H24O3Si.C11H16/c1-14(2,3)18(5,6)17-13-9-11(10-15)7-8-12(13)16-4;1-7-10-3-8-2-9(5-10)6-11(7)4-8/h7-9,15H,10H2,1-6H3;8-11H,1-6H2. The first-order chi connectivity index (χ1) is 13.5. The number of hydrogen-bond donors (Lipinski definition) is 1. The Balaban J connectivity index is 0.000000183. The van der Waals surface area contributed by atoms with Crippen LogP contribution in [-0.4, -0.2) is 20.5 Å². The van der Waals surface area contributed by atoms with Gasteiger partial charge in [-0.1, -0.05) is 39.0 Å². The second kappa shape index (κ2) is 8.47. The number of ether oxygens (including phenoxy) is 1. The van der Waals surface area contributed by atoms with Crippen LogP contribution in [0.3, 0.4) is 0 Å². The minimum Gasteiger partial charge on any atom is -0.541 e. The molecule has 0 aliphatic heterocycles. The summed E-state index contributed by atoms with van der Waals surface area (Å²) in [7, 11) is -0.259. The Bertz CT molecular complexity index is 702. The van der Waals surface area contributed by atoms with Gasteiger partial charge in [-0.25, -0.2) is 0 Å². The van der Waals surface area contributed by atoms with Crippen molar-refractivity contribution in [2.45, 2.75) is 77.6 Å². The van der Waals surface area contributed by atoms with Crippen LogP contribution in [0.4, 0.5) is 0 Å². The number of benzene rings is 1. The number of rotatable bonds is 4. The second-order valence-corrected chi connectivity index (χ2v) is 15.6. The largest absolute Gasteiger partial charge is 0.541 e. The third-order valence-electron chi connectivity index (χ3n) is 7.77. The summed E-state index contributed by atoms with van der Waals surface area (Å²) >= 11 is 0. The first kappa shape index (κ1) is 22.4. The summed E-state index contributed by atoms with van der Waals surface area (Å²) in [5.74, 6) is 5.55. The number of hydrogen-bond acceptors (Lipinski definition) is 3. The van der Waals surface area contributed by atoms with E-state index in [1.807, 2.05) is 18.2 Å². The summed E-state index contributed by atoms with van der Waals surface area (Å²) in [5, 5.41) is 9.33.